The van der Waals surface area contributed by atoms with Crippen molar-refractivity contribution in [2.24, 2.45) is 5.92 Å². The molecule has 0 aliphatic heterocycles. The van der Waals surface area contributed by atoms with Gasteiger partial charge in [-0.15, -0.1) is 0 Å². The molecule has 0 aliphatic rings. The van der Waals surface area contributed by atoms with Crippen LogP contribution in [0.2, 0.25) is 0 Å². The molecule has 0 fully saturated rings. The van der Waals surface area contributed by atoms with Crippen molar-refractivity contribution in [3.63, 3.8) is 0 Å². The lowest BCUT2D eigenvalue weighted by atomic mass is 9.96. The summed E-state index contributed by atoms with van der Waals surface area (Å²) in [6.45, 7) is 26.4. The van der Waals surface area contributed by atoms with Gasteiger partial charge in [0.25, 0.3) is 0 Å². The topological polar surface area (TPSA) is 213 Å². The second-order valence-corrected chi connectivity index (χ2v) is 24.3. The molecular formula is C74H97BrO17. The maximum absolute atomic E-state index is 12.0. The summed E-state index contributed by atoms with van der Waals surface area (Å²) in [5.41, 5.74) is 2.24. The van der Waals surface area contributed by atoms with E-state index in [1.165, 1.54) is 30.7 Å². The van der Waals surface area contributed by atoms with Crippen LogP contribution in [-0.4, -0.2) is 75.7 Å². The van der Waals surface area contributed by atoms with E-state index in [-0.39, 0.29) is 19.5 Å². The van der Waals surface area contributed by atoms with Gasteiger partial charge in [-0.05, 0) is 225 Å². The van der Waals surface area contributed by atoms with Crippen LogP contribution in [0, 0.1) is 5.92 Å². The number of phenols is 2. The predicted octanol–water partition coefficient (Wildman–Crippen LogP) is 19.0. The van der Waals surface area contributed by atoms with Crippen molar-refractivity contribution in [1.29, 1.82) is 0 Å². The molecule has 7 aromatic carbocycles. The van der Waals surface area contributed by atoms with Gasteiger partial charge in [-0.3, -0.25) is 0 Å². The first kappa shape index (κ1) is 77.8. The molecule has 7 rings (SSSR count). The van der Waals surface area contributed by atoms with Gasteiger partial charge in [0.15, 0.2) is 0 Å². The van der Waals surface area contributed by atoms with E-state index in [9.17, 15) is 19.5 Å². The summed E-state index contributed by atoms with van der Waals surface area (Å²) in [5, 5.41) is 27.7. The van der Waals surface area contributed by atoms with Crippen molar-refractivity contribution < 1.29 is 83.2 Å². The molecule has 18 heteroatoms. The SMILES string of the molecule is CC(C)(C)OC(=O)Oc1ccc(OCc2ccccc2)cc1.CCCBr.CCCOc1ccc(COCC(C)CCC(C)(C)OC(=O)Oc2ccc(O)cc2)cc1.CCCOc1ccc(COc2ccc(OC(=O)OC(C)(C)C)cc2)cc1.OCc1ccc(O)cc1.[HH]. The molecule has 0 spiro atoms. The second kappa shape index (κ2) is 42.6. The molecule has 1 unspecified atom stereocenters. The van der Waals surface area contributed by atoms with Gasteiger partial charge in [-0.2, -0.15) is 0 Å². The summed E-state index contributed by atoms with van der Waals surface area (Å²) < 4.78 is 59.4. The molecule has 7 aromatic rings. The Morgan fingerprint density at radius 3 is 1.14 bits per heavy atom. The van der Waals surface area contributed by atoms with E-state index in [0.717, 1.165) is 65.0 Å². The third kappa shape index (κ3) is 37.0. The van der Waals surface area contributed by atoms with Gasteiger partial charge in [0, 0.05) is 13.4 Å². The van der Waals surface area contributed by atoms with Crippen LogP contribution in [0.4, 0.5) is 14.4 Å². The number of aliphatic hydroxyl groups is 1. The summed E-state index contributed by atoms with van der Waals surface area (Å²) >= 11 is 3.25. The summed E-state index contributed by atoms with van der Waals surface area (Å²) in [5.74, 6) is 4.94. The highest BCUT2D eigenvalue weighted by Crippen LogP contribution is 2.26. The van der Waals surface area contributed by atoms with Crippen LogP contribution < -0.4 is 33.2 Å². The molecule has 0 bridgehead atoms. The standard InChI is InChI=1S/C25H34O6.C21H26O5.C18H20O4.C7H8O2.C3H7Br.H2/c1-5-16-29-22-10-6-20(7-11-22)18-28-17-19(2)14-15-25(3,4)31-24(27)30-23-12-8-21(26)9-13-23;1-5-14-23-17-8-6-16(7-9-17)15-24-18-10-12-19(13-11-18)25-20(22)26-21(2,3)4;1-18(2,3)22-17(19)21-16-11-9-15(10-12-16)20-13-14-7-5-4-6-8-14;8-5-6-1-3-7(9)4-2-6;1-2-3-4;/h6-13,19,26H,5,14-18H2,1-4H3;6-13H,5,14-15H2,1-4H3;4-12H,13H2,1-3H3;1-4,8-9H,5H2;2-3H2,1H3;1H. The molecule has 502 valence electrons. The molecule has 17 nitrogen and oxygen atoms in total. The molecule has 1 atom stereocenters. The van der Waals surface area contributed by atoms with Crippen molar-refractivity contribution in [3.05, 3.63) is 198 Å². The van der Waals surface area contributed by atoms with Crippen molar-refractivity contribution >= 4 is 34.4 Å². The van der Waals surface area contributed by atoms with Gasteiger partial charge >= 0.3 is 18.5 Å². The summed E-state index contributed by atoms with van der Waals surface area (Å²) in [4.78, 5) is 35.2. The highest BCUT2D eigenvalue weighted by atomic mass is 79.9. The third-order valence-corrected chi connectivity index (χ3v) is 12.7. The van der Waals surface area contributed by atoms with Crippen molar-refractivity contribution in [1.82, 2.24) is 0 Å². The summed E-state index contributed by atoms with van der Waals surface area (Å²) in [7, 11) is 0. The third-order valence-electron chi connectivity index (χ3n) is 11.9. The summed E-state index contributed by atoms with van der Waals surface area (Å²) in [6.07, 6.45) is 2.55. The van der Waals surface area contributed by atoms with Crippen LogP contribution in [0.5, 0.6) is 51.7 Å². The Kier molecular flexibility index (Phi) is 36.0. The Hall–Kier alpha value is -8.45. The molecule has 0 heterocycles. The first-order chi connectivity index (χ1) is 43.8. The minimum atomic E-state index is -0.758. The van der Waals surface area contributed by atoms with Gasteiger partial charge in [-0.25, -0.2) is 14.4 Å². The molecule has 0 radical (unpaired) electrons. The number of rotatable bonds is 25. The number of aromatic hydroxyl groups is 2. The van der Waals surface area contributed by atoms with E-state index in [1.54, 1.807) is 114 Å². The number of phenolic OH excluding ortho intramolecular Hbond substituents is 2. The lowest BCUT2D eigenvalue weighted by Crippen LogP contribution is -2.30. The number of carbonyl (C=O) groups is 3. The Morgan fingerprint density at radius 1 is 0.435 bits per heavy atom. The lowest BCUT2D eigenvalue weighted by molar-refractivity contribution is -0.00253. The molecule has 0 saturated heterocycles. The van der Waals surface area contributed by atoms with Crippen LogP contribution in [0.3, 0.4) is 0 Å². The number of hydrogen-bond donors (Lipinski definition) is 3. The zero-order valence-electron chi connectivity index (χ0n) is 55.4. The fraction of sp³-hybridized carbons (Fsp3) is 0.392. The number of carbonyl (C=O) groups excluding carboxylic acids is 3. The van der Waals surface area contributed by atoms with Gasteiger partial charge in [0.1, 0.15) is 81.8 Å². The Morgan fingerprint density at radius 2 is 0.761 bits per heavy atom. The maximum atomic E-state index is 12.0. The first-order valence-electron chi connectivity index (χ1n) is 30.8. The first-order valence-corrected chi connectivity index (χ1v) is 31.9. The molecule has 0 aliphatic carbocycles. The van der Waals surface area contributed by atoms with Gasteiger partial charge in [0.05, 0.1) is 26.4 Å². The monoisotopic (exact) mass is 1340 g/mol. The van der Waals surface area contributed by atoms with E-state index in [4.69, 9.17) is 62.3 Å². The van der Waals surface area contributed by atoms with Crippen molar-refractivity contribution in [2.45, 2.75) is 158 Å². The minimum absolute atomic E-state index is 0. The molecule has 0 amide bonds. The zero-order valence-corrected chi connectivity index (χ0v) is 57.0. The van der Waals surface area contributed by atoms with Gasteiger partial charge in [0.2, 0.25) is 0 Å². The molecule has 92 heavy (non-hydrogen) atoms. The smallest absolute Gasteiger partial charge is 0.508 e. The highest BCUT2D eigenvalue weighted by Gasteiger charge is 2.25. The number of aliphatic hydroxyl groups excluding tert-OH is 1. The van der Waals surface area contributed by atoms with Crippen LogP contribution in [0.15, 0.2) is 176 Å². The molecule has 3 N–H and O–H groups in total. The van der Waals surface area contributed by atoms with Gasteiger partial charge in [-0.1, -0.05) is 110 Å². The fourth-order valence-electron chi connectivity index (χ4n) is 7.22. The summed E-state index contributed by atoms with van der Waals surface area (Å²) in [6, 6.07) is 51.7. The zero-order chi connectivity index (χ0) is 67.8. The number of halogens is 1. The van der Waals surface area contributed by atoms with E-state index < -0.39 is 35.3 Å². The van der Waals surface area contributed by atoms with Crippen LogP contribution in [0.1, 0.15) is 139 Å². The molecular weight excluding hydrogens is 1240 g/mol. The lowest BCUT2D eigenvalue weighted by Gasteiger charge is -2.26. The van der Waals surface area contributed by atoms with Crippen LogP contribution in [0.25, 0.3) is 0 Å². The Labute approximate surface area is 554 Å². The van der Waals surface area contributed by atoms with Crippen molar-refractivity contribution in [3.8, 4) is 51.7 Å². The quantitative estimate of drug-likeness (QED) is 0.0210. The van der Waals surface area contributed by atoms with Crippen LogP contribution >= 0.6 is 15.9 Å². The Balaban J connectivity index is 0.000000434. The number of hydrogen-bond acceptors (Lipinski definition) is 17. The fourth-order valence-corrected chi connectivity index (χ4v) is 7.22. The highest BCUT2D eigenvalue weighted by molar-refractivity contribution is 9.09. The maximum Gasteiger partial charge on any atom is 0.514 e. The number of alkyl halides is 1. The van der Waals surface area contributed by atoms with Crippen molar-refractivity contribution in [2.75, 3.05) is 25.2 Å². The van der Waals surface area contributed by atoms with E-state index in [2.05, 4.69) is 43.6 Å². The number of benzene rings is 7. The van der Waals surface area contributed by atoms with Gasteiger partial charge < -0.3 is 67.4 Å². The minimum Gasteiger partial charge on any atom is -0.508 e. The molecule has 0 aromatic heterocycles. The second-order valence-electron chi connectivity index (χ2n) is 23.5. The number of ether oxygens (including phenoxy) is 11. The van der Waals surface area contributed by atoms with Crippen LogP contribution in [-0.2, 0) is 45.4 Å². The predicted molar refractivity (Wildman–Crippen MR) is 364 cm³/mol. The van der Waals surface area contributed by atoms with E-state index >= 15 is 0 Å². The normalized spacial score (nSPS) is 11.1. The Bertz CT molecular complexity index is 3090. The molecule has 0 saturated carbocycles. The average molecular weight is 1340 g/mol. The largest absolute Gasteiger partial charge is 0.514 e. The van der Waals surface area contributed by atoms with E-state index in [1.807, 2.05) is 92.7 Å². The van der Waals surface area contributed by atoms with E-state index in [0.29, 0.717) is 74.1 Å². The average Bonchev–Trinajstić information content (AvgIpc) is 3.36.